The average Bonchev–Trinajstić information content (AvgIpc) is 3.40. The summed E-state index contributed by atoms with van der Waals surface area (Å²) in [6.45, 7) is 2.16. The smallest absolute Gasteiger partial charge is 0.272 e. The van der Waals surface area contributed by atoms with Gasteiger partial charge in [-0.1, -0.05) is 0 Å². The molecule has 1 amide bonds. The van der Waals surface area contributed by atoms with E-state index in [-0.39, 0.29) is 23.5 Å². The Balaban J connectivity index is 1.62. The number of aromatic nitrogens is 2. The van der Waals surface area contributed by atoms with Gasteiger partial charge in [-0.2, -0.15) is 5.10 Å². The van der Waals surface area contributed by atoms with Crippen molar-refractivity contribution in [2.45, 2.75) is 49.0 Å². The molecule has 2 aliphatic carbocycles. The molecule has 1 aliphatic heterocycles. The molecule has 0 bridgehead atoms. The van der Waals surface area contributed by atoms with Crippen molar-refractivity contribution in [3.8, 4) is 0 Å². The van der Waals surface area contributed by atoms with E-state index in [0.717, 1.165) is 12.8 Å². The summed E-state index contributed by atoms with van der Waals surface area (Å²) in [4.78, 5) is 26.2. The van der Waals surface area contributed by atoms with Crippen LogP contribution in [0.15, 0.2) is 0 Å². The lowest BCUT2D eigenvalue weighted by molar-refractivity contribution is 0.0724. The molecule has 0 atom stereocenters. The minimum absolute atomic E-state index is 0.150. The summed E-state index contributed by atoms with van der Waals surface area (Å²) in [5.74, 6) is -0.362. The van der Waals surface area contributed by atoms with Gasteiger partial charge in [0.2, 0.25) is 0 Å². The highest BCUT2D eigenvalue weighted by Gasteiger charge is 2.60. The van der Waals surface area contributed by atoms with Crippen LogP contribution in [-0.4, -0.2) is 57.9 Å². The van der Waals surface area contributed by atoms with E-state index in [1.54, 1.807) is 11.9 Å². The van der Waals surface area contributed by atoms with Gasteiger partial charge in [0.1, 0.15) is 11.4 Å². The van der Waals surface area contributed by atoms with Crippen molar-refractivity contribution < 1.29 is 18.0 Å². The van der Waals surface area contributed by atoms with Gasteiger partial charge in [-0.15, -0.1) is 0 Å². The summed E-state index contributed by atoms with van der Waals surface area (Å²) in [7, 11) is -1.49. The van der Waals surface area contributed by atoms with Crippen molar-refractivity contribution in [2.24, 2.45) is 7.05 Å². The number of carbonyl (C=O) groups is 2. The molecule has 0 radical (unpaired) electrons. The standard InChI is InChI=1S/C16H21N3O4S/c1-10(20)13-12-5-8-19(15(21)14(12)18(2)17-13)9-16(6-7-16)24(22,23)11-3-4-11/h11H,3-9H2,1-2H3. The van der Waals surface area contributed by atoms with Gasteiger partial charge < -0.3 is 4.90 Å². The molecule has 2 saturated carbocycles. The molecule has 1 aromatic rings. The van der Waals surface area contributed by atoms with Gasteiger partial charge >= 0.3 is 0 Å². The van der Waals surface area contributed by atoms with Crippen LogP contribution in [0.3, 0.4) is 0 Å². The van der Waals surface area contributed by atoms with Gasteiger partial charge in [0.05, 0.1) is 10.00 Å². The number of sulfone groups is 1. The second kappa shape index (κ2) is 4.91. The lowest BCUT2D eigenvalue weighted by atomic mass is 10.0. The van der Waals surface area contributed by atoms with Crippen LogP contribution >= 0.6 is 0 Å². The normalized spacial score (nSPS) is 22.4. The minimum atomic E-state index is -3.14. The fourth-order valence-electron chi connectivity index (χ4n) is 3.76. The molecule has 0 spiro atoms. The second-order valence-corrected chi connectivity index (χ2v) is 9.88. The van der Waals surface area contributed by atoms with Crippen molar-refractivity contribution in [2.75, 3.05) is 13.1 Å². The fraction of sp³-hybridized carbons (Fsp3) is 0.688. The van der Waals surface area contributed by atoms with E-state index < -0.39 is 14.6 Å². The van der Waals surface area contributed by atoms with E-state index in [0.29, 0.717) is 42.8 Å². The van der Waals surface area contributed by atoms with Crippen molar-refractivity contribution >= 4 is 21.5 Å². The minimum Gasteiger partial charge on any atom is -0.335 e. The van der Waals surface area contributed by atoms with Crippen LogP contribution in [0.25, 0.3) is 0 Å². The molecule has 7 nitrogen and oxygen atoms in total. The average molecular weight is 351 g/mol. The Morgan fingerprint density at radius 3 is 2.54 bits per heavy atom. The number of rotatable bonds is 5. The molecule has 2 heterocycles. The maximum Gasteiger partial charge on any atom is 0.272 e. The number of fused-ring (bicyclic) bond motifs is 1. The Bertz CT molecular complexity index is 847. The molecule has 1 aromatic heterocycles. The summed E-state index contributed by atoms with van der Waals surface area (Å²) >= 11 is 0. The largest absolute Gasteiger partial charge is 0.335 e. The highest BCUT2D eigenvalue weighted by Crippen LogP contribution is 2.50. The van der Waals surface area contributed by atoms with Crippen LogP contribution in [0.5, 0.6) is 0 Å². The van der Waals surface area contributed by atoms with Crippen molar-refractivity contribution in [1.82, 2.24) is 14.7 Å². The van der Waals surface area contributed by atoms with Crippen LogP contribution in [0.1, 0.15) is 59.1 Å². The number of aryl methyl sites for hydroxylation is 1. The lowest BCUT2D eigenvalue weighted by Gasteiger charge is -2.31. The highest BCUT2D eigenvalue weighted by atomic mass is 32.2. The maximum absolute atomic E-state index is 12.9. The predicted octanol–water partition coefficient (Wildman–Crippen LogP) is 0.731. The van der Waals surface area contributed by atoms with Crippen LogP contribution in [0.2, 0.25) is 0 Å². The third-order valence-electron chi connectivity index (χ3n) is 5.45. The molecule has 3 aliphatic rings. The summed E-state index contributed by atoms with van der Waals surface area (Å²) in [5, 5.41) is 3.98. The zero-order valence-corrected chi connectivity index (χ0v) is 14.7. The monoisotopic (exact) mass is 351 g/mol. The number of nitrogens with zero attached hydrogens (tertiary/aromatic N) is 3. The highest BCUT2D eigenvalue weighted by molar-refractivity contribution is 7.94. The fourth-order valence-corrected chi connectivity index (χ4v) is 6.23. The first-order valence-electron chi connectivity index (χ1n) is 8.36. The van der Waals surface area contributed by atoms with Gasteiger partial charge in [0.25, 0.3) is 5.91 Å². The first-order valence-corrected chi connectivity index (χ1v) is 9.91. The number of Topliss-reactive ketones (excluding diaryl/α,β-unsaturated/α-hetero) is 1. The van der Waals surface area contributed by atoms with E-state index in [1.165, 1.54) is 11.6 Å². The van der Waals surface area contributed by atoms with E-state index in [4.69, 9.17) is 0 Å². The zero-order chi connectivity index (χ0) is 17.3. The van der Waals surface area contributed by atoms with Gasteiger partial charge in [-0.05, 0) is 32.1 Å². The van der Waals surface area contributed by atoms with E-state index in [2.05, 4.69) is 5.10 Å². The summed E-state index contributed by atoms with van der Waals surface area (Å²) in [6.07, 6.45) is 3.35. The molecule has 130 valence electrons. The molecule has 0 saturated heterocycles. The first kappa shape index (κ1) is 15.8. The molecule has 24 heavy (non-hydrogen) atoms. The number of carbonyl (C=O) groups excluding carboxylic acids is 2. The van der Waals surface area contributed by atoms with Crippen molar-refractivity contribution in [1.29, 1.82) is 0 Å². The summed E-state index contributed by atoms with van der Waals surface area (Å²) in [5.41, 5.74) is 1.47. The van der Waals surface area contributed by atoms with Gasteiger partial charge in [-0.3, -0.25) is 14.3 Å². The van der Waals surface area contributed by atoms with E-state index in [1.807, 2.05) is 0 Å². The number of ketones is 1. The van der Waals surface area contributed by atoms with E-state index >= 15 is 0 Å². The zero-order valence-electron chi connectivity index (χ0n) is 13.9. The molecule has 0 aromatic carbocycles. The van der Waals surface area contributed by atoms with Crippen LogP contribution in [0, 0.1) is 0 Å². The Morgan fingerprint density at radius 1 is 1.33 bits per heavy atom. The Morgan fingerprint density at radius 2 is 2.00 bits per heavy atom. The molecular weight excluding hydrogens is 330 g/mol. The SMILES string of the molecule is CC(=O)c1nn(C)c2c1CCN(CC1(S(=O)(=O)C3CC3)CC1)C2=O. The van der Waals surface area contributed by atoms with Gasteiger partial charge in [-0.25, -0.2) is 8.42 Å². The molecule has 2 fully saturated rings. The predicted molar refractivity (Wildman–Crippen MR) is 86.7 cm³/mol. The van der Waals surface area contributed by atoms with E-state index in [9.17, 15) is 18.0 Å². The molecule has 4 rings (SSSR count). The first-order chi connectivity index (χ1) is 11.3. The number of hydrogen-bond acceptors (Lipinski definition) is 5. The molecule has 8 heteroatoms. The van der Waals surface area contributed by atoms with Crippen molar-refractivity contribution in [3.63, 3.8) is 0 Å². The summed E-state index contributed by atoms with van der Waals surface area (Å²) in [6, 6.07) is 0. The Kier molecular flexibility index (Phi) is 3.23. The van der Waals surface area contributed by atoms with Gasteiger partial charge in [0.15, 0.2) is 15.6 Å². The second-order valence-electron chi connectivity index (χ2n) is 7.26. The third kappa shape index (κ3) is 2.15. The topological polar surface area (TPSA) is 89.3 Å². The van der Waals surface area contributed by atoms with Crippen molar-refractivity contribution in [3.05, 3.63) is 17.0 Å². The van der Waals surface area contributed by atoms with Crippen LogP contribution in [-0.2, 0) is 23.3 Å². The lowest BCUT2D eigenvalue weighted by Crippen LogP contribution is -2.46. The van der Waals surface area contributed by atoms with Crippen LogP contribution < -0.4 is 0 Å². The molecule has 0 unspecified atom stereocenters. The number of amides is 1. The maximum atomic E-state index is 12.9. The number of hydrogen-bond donors (Lipinski definition) is 0. The summed E-state index contributed by atoms with van der Waals surface area (Å²) < 4.78 is 26.0. The molecular formula is C16H21N3O4S. The van der Waals surface area contributed by atoms with Gasteiger partial charge in [0, 0.05) is 32.6 Å². The third-order valence-corrected chi connectivity index (χ3v) is 8.55. The quantitative estimate of drug-likeness (QED) is 0.730. The molecule has 0 N–H and O–H groups in total. The Hall–Kier alpha value is -1.70. The Labute approximate surface area is 140 Å². The van der Waals surface area contributed by atoms with Crippen LogP contribution in [0.4, 0.5) is 0 Å².